The lowest BCUT2D eigenvalue weighted by Gasteiger charge is -2.07. The number of carboxylic acid groups (broad SMARTS) is 1. The summed E-state index contributed by atoms with van der Waals surface area (Å²) in [5.41, 5.74) is 0.201. The second kappa shape index (κ2) is 8.92. The predicted octanol–water partition coefficient (Wildman–Crippen LogP) is 0.583. The second-order valence-corrected chi connectivity index (χ2v) is 6.43. The van der Waals surface area contributed by atoms with Gasteiger partial charge in [-0.15, -0.1) is 6.42 Å². The van der Waals surface area contributed by atoms with Crippen molar-refractivity contribution in [2.45, 2.75) is 24.2 Å². The Labute approximate surface area is 135 Å². The van der Waals surface area contributed by atoms with Crippen LogP contribution >= 0.6 is 0 Å². The molecule has 0 radical (unpaired) electrons. The Kier molecular flexibility index (Phi) is 7.25. The van der Waals surface area contributed by atoms with Crippen LogP contribution in [0.1, 0.15) is 29.6 Å². The number of hydrogen-bond donors (Lipinski definition) is 3. The summed E-state index contributed by atoms with van der Waals surface area (Å²) in [4.78, 5) is 22.3. The van der Waals surface area contributed by atoms with E-state index in [0.717, 1.165) is 0 Å². The van der Waals surface area contributed by atoms with Gasteiger partial charge in [-0.25, -0.2) is 8.42 Å². The minimum atomic E-state index is -3.75. The van der Waals surface area contributed by atoms with Crippen LogP contribution in [0.4, 0.5) is 0 Å². The Morgan fingerprint density at radius 3 is 2.65 bits per heavy atom. The molecule has 0 saturated heterocycles. The lowest BCUT2D eigenvalue weighted by atomic mass is 10.2. The Morgan fingerprint density at radius 2 is 2.00 bits per heavy atom. The molecule has 23 heavy (non-hydrogen) atoms. The molecule has 1 aromatic carbocycles. The minimum absolute atomic E-state index is 0.0461. The summed E-state index contributed by atoms with van der Waals surface area (Å²) in [6, 6.07) is 5.57. The maximum atomic E-state index is 12.0. The van der Waals surface area contributed by atoms with E-state index in [1.54, 1.807) is 0 Å². The normalized spacial score (nSPS) is 10.7. The molecule has 0 fully saturated rings. The van der Waals surface area contributed by atoms with Gasteiger partial charge in [-0.2, -0.15) is 4.72 Å². The highest BCUT2D eigenvalue weighted by molar-refractivity contribution is 7.89. The molecule has 0 bridgehead atoms. The highest BCUT2D eigenvalue weighted by Gasteiger charge is 2.15. The van der Waals surface area contributed by atoms with E-state index >= 15 is 0 Å². The number of aliphatic carboxylic acids is 1. The van der Waals surface area contributed by atoms with E-state index in [9.17, 15) is 18.0 Å². The van der Waals surface area contributed by atoms with Crippen molar-refractivity contribution in [3.05, 3.63) is 29.8 Å². The second-order valence-electron chi connectivity index (χ2n) is 4.66. The van der Waals surface area contributed by atoms with Crippen LogP contribution in [0.2, 0.25) is 0 Å². The minimum Gasteiger partial charge on any atom is -0.481 e. The molecule has 7 nitrogen and oxygen atoms in total. The van der Waals surface area contributed by atoms with Crippen LogP contribution in [0.25, 0.3) is 0 Å². The maximum Gasteiger partial charge on any atom is 0.303 e. The summed E-state index contributed by atoms with van der Waals surface area (Å²) >= 11 is 0. The molecule has 0 aliphatic carbocycles. The highest BCUT2D eigenvalue weighted by atomic mass is 32.2. The number of rotatable bonds is 9. The van der Waals surface area contributed by atoms with Crippen LogP contribution in [0, 0.1) is 12.3 Å². The van der Waals surface area contributed by atoms with Crippen LogP contribution in [-0.2, 0) is 14.8 Å². The van der Waals surface area contributed by atoms with Gasteiger partial charge >= 0.3 is 5.97 Å². The first kappa shape index (κ1) is 18.7. The van der Waals surface area contributed by atoms with Gasteiger partial charge in [0, 0.05) is 18.5 Å². The summed E-state index contributed by atoms with van der Waals surface area (Å²) in [6.07, 6.45) is 6.04. The molecule has 0 saturated carbocycles. The van der Waals surface area contributed by atoms with Gasteiger partial charge in [0.1, 0.15) is 0 Å². The van der Waals surface area contributed by atoms with Gasteiger partial charge in [0.25, 0.3) is 5.91 Å². The zero-order valence-electron chi connectivity index (χ0n) is 12.4. The number of carbonyl (C=O) groups is 2. The van der Waals surface area contributed by atoms with Crippen molar-refractivity contribution in [3.8, 4) is 12.3 Å². The Bertz CT molecular complexity index is 707. The summed E-state index contributed by atoms with van der Waals surface area (Å²) in [5.74, 6) is 0.865. The molecule has 0 spiro atoms. The third-order valence-electron chi connectivity index (χ3n) is 2.87. The van der Waals surface area contributed by atoms with Gasteiger partial charge in [-0.3, -0.25) is 9.59 Å². The first-order valence-electron chi connectivity index (χ1n) is 6.90. The Hall–Kier alpha value is -2.37. The van der Waals surface area contributed by atoms with Crippen molar-refractivity contribution >= 4 is 21.9 Å². The van der Waals surface area contributed by atoms with Crippen LogP contribution in [-0.4, -0.2) is 38.5 Å². The monoisotopic (exact) mass is 338 g/mol. The zero-order chi connectivity index (χ0) is 17.3. The third-order valence-corrected chi connectivity index (χ3v) is 4.27. The standard InChI is InChI=1S/C15H18N2O5S/c1-2-9-17-23(21,22)13-7-5-6-12(11-13)15(20)16-10-4-3-8-14(18)19/h1,5-7,11,17H,3-4,8-10H2,(H,16,20)(H,18,19). The maximum absolute atomic E-state index is 12.0. The number of hydrogen-bond acceptors (Lipinski definition) is 4. The number of sulfonamides is 1. The number of nitrogens with one attached hydrogen (secondary N) is 2. The van der Waals surface area contributed by atoms with Crippen molar-refractivity contribution in [3.63, 3.8) is 0 Å². The summed E-state index contributed by atoms with van der Waals surface area (Å²) in [7, 11) is -3.75. The van der Waals surface area contributed by atoms with Crippen LogP contribution < -0.4 is 10.0 Å². The van der Waals surface area contributed by atoms with E-state index in [1.807, 2.05) is 0 Å². The number of terminal acetylenes is 1. The molecule has 124 valence electrons. The molecular weight excluding hydrogens is 320 g/mol. The van der Waals surface area contributed by atoms with Crippen molar-refractivity contribution in [2.24, 2.45) is 0 Å². The molecule has 0 aliphatic rings. The molecule has 3 N–H and O–H groups in total. The summed E-state index contributed by atoms with van der Waals surface area (Å²) in [6.45, 7) is 0.181. The van der Waals surface area contributed by atoms with E-state index in [-0.39, 0.29) is 23.4 Å². The van der Waals surface area contributed by atoms with Crippen molar-refractivity contribution in [2.75, 3.05) is 13.1 Å². The van der Waals surface area contributed by atoms with Gasteiger partial charge in [0.15, 0.2) is 0 Å². The lowest BCUT2D eigenvalue weighted by Crippen LogP contribution is -2.26. The fourth-order valence-corrected chi connectivity index (χ4v) is 2.71. The van der Waals surface area contributed by atoms with Crippen LogP contribution in [0.3, 0.4) is 0 Å². The van der Waals surface area contributed by atoms with Crippen molar-refractivity contribution in [1.29, 1.82) is 0 Å². The van der Waals surface area contributed by atoms with E-state index in [4.69, 9.17) is 11.5 Å². The summed E-state index contributed by atoms with van der Waals surface area (Å²) in [5, 5.41) is 11.1. The quantitative estimate of drug-likeness (QED) is 0.450. The van der Waals surface area contributed by atoms with E-state index in [1.165, 1.54) is 24.3 Å². The molecular formula is C15H18N2O5S. The molecule has 0 heterocycles. The van der Waals surface area contributed by atoms with E-state index in [2.05, 4.69) is 16.0 Å². The molecule has 1 amide bonds. The average Bonchev–Trinajstić information content (AvgIpc) is 2.52. The van der Waals surface area contributed by atoms with Gasteiger partial charge in [-0.1, -0.05) is 12.0 Å². The fraction of sp³-hybridized carbons (Fsp3) is 0.333. The number of carboxylic acids is 1. The smallest absolute Gasteiger partial charge is 0.303 e. The van der Waals surface area contributed by atoms with Gasteiger partial charge in [0.05, 0.1) is 11.4 Å². The molecule has 1 rings (SSSR count). The topological polar surface area (TPSA) is 113 Å². The van der Waals surface area contributed by atoms with Crippen molar-refractivity contribution < 1.29 is 23.1 Å². The Morgan fingerprint density at radius 1 is 1.26 bits per heavy atom. The number of amides is 1. The first-order chi connectivity index (χ1) is 10.9. The molecule has 0 atom stereocenters. The van der Waals surface area contributed by atoms with Crippen molar-refractivity contribution in [1.82, 2.24) is 10.0 Å². The number of carbonyl (C=O) groups excluding carboxylic acids is 1. The SMILES string of the molecule is C#CCNS(=O)(=O)c1cccc(C(=O)NCCCCC(=O)O)c1. The first-order valence-corrected chi connectivity index (χ1v) is 8.38. The van der Waals surface area contributed by atoms with Gasteiger partial charge in [0.2, 0.25) is 10.0 Å². The van der Waals surface area contributed by atoms with E-state index in [0.29, 0.717) is 19.4 Å². The third kappa shape index (κ3) is 6.50. The highest BCUT2D eigenvalue weighted by Crippen LogP contribution is 2.11. The van der Waals surface area contributed by atoms with Crippen LogP contribution in [0.5, 0.6) is 0 Å². The Balaban J connectivity index is 2.64. The molecule has 1 aromatic rings. The molecule has 0 aromatic heterocycles. The lowest BCUT2D eigenvalue weighted by molar-refractivity contribution is -0.137. The van der Waals surface area contributed by atoms with Gasteiger partial charge < -0.3 is 10.4 Å². The van der Waals surface area contributed by atoms with E-state index < -0.39 is 21.9 Å². The predicted molar refractivity (Wildman–Crippen MR) is 84.3 cm³/mol. The van der Waals surface area contributed by atoms with Crippen LogP contribution in [0.15, 0.2) is 29.2 Å². The molecule has 8 heteroatoms. The molecule has 0 aliphatic heterocycles. The zero-order valence-corrected chi connectivity index (χ0v) is 13.2. The fourth-order valence-electron chi connectivity index (χ4n) is 1.73. The number of unbranched alkanes of at least 4 members (excludes halogenated alkanes) is 1. The van der Waals surface area contributed by atoms with Gasteiger partial charge in [-0.05, 0) is 31.0 Å². The summed E-state index contributed by atoms with van der Waals surface area (Å²) < 4.78 is 26.1. The average molecular weight is 338 g/mol. The number of benzene rings is 1. The largest absolute Gasteiger partial charge is 0.481 e. The molecule has 0 unspecified atom stereocenters.